The first-order valence-electron chi connectivity index (χ1n) is 20.0. The van der Waals surface area contributed by atoms with Gasteiger partial charge >= 0.3 is 0 Å². The Labute approximate surface area is 286 Å². The highest BCUT2D eigenvalue weighted by Gasteiger charge is 2.42. The molecule has 0 aromatic rings. The summed E-state index contributed by atoms with van der Waals surface area (Å²) in [7, 11) is 0. The molecule has 272 valence electrons. The lowest BCUT2D eigenvalue weighted by Crippen LogP contribution is -2.39. The van der Waals surface area contributed by atoms with E-state index in [9.17, 15) is 5.11 Å². The molecule has 2 aliphatic heterocycles. The lowest BCUT2D eigenvalue weighted by atomic mass is 9.60. The Bertz CT molecular complexity index is 900. The normalized spacial score (nSPS) is 39.0. The second-order valence-corrected chi connectivity index (χ2v) is 17.8. The van der Waals surface area contributed by atoms with E-state index in [-0.39, 0.29) is 0 Å². The van der Waals surface area contributed by atoms with Gasteiger partial charge in [0.2, 0.25) is 0 Å². The first kappa shape index (κ1) is 36.5. The van der Waals surface area contributed by atoms with E-state index in [4.69, 9.17) is 28.4 Å². The van der Waals surface area contributed by atoms with Gasteiger partial charge in [0.1, 0.15) is 12.2 Å². The fraction of sp³-hybridized carbons (Fsp3) is 1.00. The number of epoxide rings is 2. The van der Waals surface area contributed by atoms with Crippen LogP contribution in [0.1, 0.15) is 137 Å². The van der Waals surface area contributed by atoms with Crippen molar-refractivity contribution in [3.05, 3.63) is 0 Å². The summed E-state index contributed by atoms with van der Waals surface area (Å²) >= 11 is 0. The molecule has 6 rings (SSSR count). The number of ether oxygens (including phenoxy) is 6. The Morgan fingerprint density at radius 2 is 0.830 bits per heavy atom. The van der Waals surface area contributed by atoms with Crippen LogP contribution in [0, 0.1) is 34.5 Å². The highest BCUT2D eigenvalue weighted by molar-refractivity contribution is 4.93. The van der Waals surface area contributed by atoms with Crippen LogP contribution in [-0.2, 0) is 28.4 Å². The van der Waals surface area contributed by atoms with Crippen molar-refractivity contribution >= 4 is 0 Å². The van der Waals surface area contributed by atoms with Crippen molar-refractivity contribution in [2.75, 3.05) is 39.6 Å². The van der Waals surface area contributed by atoms with E-state index >= 15 is 0 Å². The van der Waals surface area contributed by atoms with Crippen LogP contribution in [0.4, 0.5) is 0 Å². The predicted molar refractivity (Wildman–Crippen MR) is 184 cm³/mol. The quantitative estimate of drug-likeness (QED) is 0.159. The molecule has 3 unspecified atom stereocenters. The van der Waals surface area contributed by atoms with Gasteiger partial charge in [-0.3, -0.25) is 0 Å². The number of hydrogen-bond acceptors (Lipinski definition) is 7. The number of hydrogen-bond donors (Lipinski definition) is 1. The average Bonchev–Trinajstić information content (AvgIpc) is 4.03. The summed E-state index contributed by atoms with van der Waals surface area (Å²) in [4.78, 5) is 0. The van der Waals surface area contributed by atoms with Crippen LogP contribution in [0.5, 0.6) is 0 Å². The molecule has 0 bridgehead atoms. The maximum absolute atomic E-state index is 10.7. The van der Waals surface area contributed by atoms with Gasteiger partial charge < -0.3 is 33.5 Å². The van der Waals surface area contributed by atoms with Crippen LogP contribution in [0.2, 0.25) is 0 Å². The molecule has 4 aliphatic carbocycles. The Morgan fingerprint density at radius 1 is 0.511 bits per heavy atom. The largest absolute Gasteiger partial charge is 0.391 e. The molecule has 6 fully saturated rings. The van der Waals surface area contributed by atoms with E-state index < -0.39 is 6.10 Å². The van der Waals surface area contributed by atoms with E-state index in [2.05, 4.69) is 27.7 Å². The highest BCUT2D eigenvalue weighted by atomic mass is 16.6. The highest BCUT2D eigenvalue weighted by Crippen LogP contribution is 2.50. The van der Waals surface area contributed by atoms with Crippen molar-refractivity contribution in [1.82, 2.24) is 0 Å². The second kappa shape index (κ2) is 16.8. The smallest absolute Gasteiger partial charge is 0.104 e. The van der Waals surface area contributed by atoms with Gasteiger partial charge in [-0.1, -0.05) is 27.7 Å². The molecule has 0 amide bonds. The van der Waals surface area contributed by atoms with Crippen molar-refractivity contribution < 1.29 is 33.5 Å². The van der Waals surface area contributed by atoms with E-state index in [1.807, 2.05) is 0 Å². The van der Waals surface area contributed by atoms with Crippen LogP contribution < -0.4 is 0 Å². The monoisotopic (exact) mass is 663 g/mol. The SMILES string of the molecule is CC(C)(C1CCC(OCCC(O)COC2CCC(C(C)(C)C3CCC(OCC4CO4)CC3)CC2)CC1)C1CCC(OCC2CO2)CC1. The van der Waals surface area contributed by atoms with E-state index in [1.165, 1.54) is 77.0 Å². The van der Waals surface area contributed by atoms with Gasteiger partial charge in [0.05, 0.1) is 63.6 Å². The van der Waals surface area contributed by atoms with Gasteiger partial charge in [0, 0.05) is 6.61 Å². The molecular weight excluding hydrogens is 592 g/mol. The van der Waals surface area contributed by atoms with Gasteiger partial charge in [-0.05, 0) is 144 Å². The van der Waals surface area contributed by atoms with Crippen LogP contribution in [0.15, 0.2) is 0 Å². The van der Waals surface area contributed by atoms with Crippen molar-refractivity contribution in [3.63, 3.8) is 0 Å². The van der Waals surface area contributed by atoms with Crippen LogP contribution in [0.25, 0.3) is 0 Å². The first-order chi connectivity index (χ1) is 22.7. The summed E-state index contributed by atoms with van der Waals surface area (Å²) in [5.41, 5.74) is 0.763. The topological polar surface area (TPSA) is 82.2 Å². The Morgan fingerprint density at radius 3 is 1.17 bits per heavy atom. The van der Waals surface area contributed by atoms with Crippen molar-refractivity contribution in [2.24, 2.45) is 34.5 Å². The lowest BCUT2D eigenvalue weighted by Gasteiger charge is -2.46. The molecule has 2 saturated heterocycles. The molecule has 0 spiro atoms. The minimum Gasteiger partial charge on any atom is -0.391 e. The van der Waals surface area contributed by atoms with Crippen LogP contribution >= 0.6 is 0 Å². The van der Waals surface area contributed by atoms with Gasteiger partial charge in [0.15, 0.2) is 0 Å². The Balaban J connectivity index is 0.796. The third kappa shape index (κ3) is 10.6. The first-order valence-corrected chi connectivity index (χ1v) is 20.0. The van der Waals surface area contributed by atoms with E-state index in [0.717, 1.165) is 75.8 Å². The zero-order valence-electron chi connectivity index (χ0n) is 30.5. The molecule has 4 saturated carbocycles. The van der Waals surface area contributed by atoms with Gasteiger partial charge in [0.25, 0.3) is 0 Å². The van der Waals surface area contributed by atoms with Crippen molar-refractivity contribution in [2.45, 2.75) is 180 Å². The third-order valence-corrected chi connectivity index (χ3v) is 14.1. The lowest BCUT2D eigenvalue weighted by molar-refractivity contribution is -0.0649. The van der Waals surface area contributed by atoms with Crippen LogP contribution in [0.3, 0.4) is 0 Å². The molecule has 7 heteroatoms. The maximum atomic E-state index is 10.7. The van der Waals surface area contributed by atoms with Gasteiger partial charge in [-0.2, -0.15) is 0 Å². The van der Waals surface area contributed by atoms with Crippen molar-refractivity contribution in [1.29, 1.82) is 0 Å². The summed E-state index contributed by atoms with van der Waals surface area (Å²) in [5.74, 6) is 3.15. The maximum Gasteiger partial charge on any atom is 0.104 e. The zero-order valence-corrected chi connectivity index (χ0v) is 30.5. The summed E-state index contributed by atoms with van der Waals surface area (Å²) in [6.07, 6.45) is 22.1. The van der Waals surface area contributed by atoms with Crippen molar-refractivity contribution in [3.8, 4) is 0 Å². The average molecular weight is 663 g/mol. The standard InChI is InChI=1S/C40H70O7/c1-39(2,30-9-17-35(18-10-30)44-24-37-26-46-37)28-5-13-33(14-6-28)42-22-21-32(41)23-43-34-15-7-29(8-16-34)40(3,4)31-11-19-36(20-12-31)45-25-38-27-47-38/h28-38,41H,5-27H2,1-4H3. The molecule has 47 heavy (non-hydrogen) atoms. The molecule has 1 N–H and O–H groups in total. The molecule has 7 nitrogen and oxygen atoms in total. The molecule has 2 heterocycles. The van der Waals surface area contributed by atoms with Gasteiger partial charge in [-0.15, -0.1) is 0 Å². The summed E-state index contributed by atoms with van der Waals surface area (Å²) < 4.78 is 35.4. The fourth-order valence-corrected chi connectivity index (χ4v) is 10.1. The minimum absolute atomic E-state index is 0.296. The Kier molecular flexibility index (Phi) is 13.1. The molecule has 6 aliphatic rings. The van der Waals surface area contributed by atoms with E-state index in [0.29, 0.717) is 67.1 Å². The number of aliphatic hydroxyl groups is 1. The summed E-state index contributed by atoms with van der Waals surface area (Å²) in [6.45, 7) is 14.5. The Hall–Kier alpha value is -0.280. The summed E-state index contributed by atoms with van der Waals surface area (Å²) in [6, 6.07) is 0. The van der Waals surface area contributed by atoms with Gasteiger partial charge in [-0.25, -0.2) is 0 Å². The fourth-order valence-electron chi connectivity index (χ4n) is 10.1. The molecule has 0 aromatic heterocycles. The summed E-state index contributed by atoms with van der Waals surface area (Å²) in [5, 5.41) is 10.7. The second-order valence-electron chi connectivity index (χ2n) is 17.8. The predicted octanol–water partition coefficient (Wildman–Crippen LogP) is 7.89. The molecule has 0 radical (unpaired) electrons. The third-order valence-electron chi connectivity index (χ3n) is 14.1. The molecule has 0 aromatic carbocycles. The molecular formula is C40H70O7. The molecule has 3 atom stereocenters. The van der Waals surface area contributed by atoms with E-state index in [1.54, 1.807) is 0 Å². The number of aliphatic hydroxyl groups excluding tert-OH is 1. The minimum atomic E-state index is -0.431. The zero-order chi connectivity index (χ0) is 32.9. The number of rotatable bonds is 17. The van der Waals surface area contributed by atoms with Crippen LogP contribution in [-0.4, -0.2) is 87.5 Å².